The van der Waals surface area contributed by atoms with Crippen molar-refractivity contribution in [3.8, 4) is 5.75 Å². The van der Waals surface area contributed by atoms with E-state index in [9.17, 15) is 4.79 Å². The molecular formula is C16H16ClNO2. The second kappa shape index (κ2) is 6.96. The SMILES string of the molecule is Cc1cccc(OCC(=O)NCc2ccccc2Cl)c1. The molecule has 20 heavy (non-hydrogen) atoms. The first-order valence-electron chi connectivity index (χ1n) is 6.35. The highest BCUT2D eigenvalue weighted by molar-refractivity contribution is 6.31. The molecule has 0 unspecified atom stereocenters. The van der Waals surface area contributed by atoms with Crippen molar-refractivity contribution < 1.29 is 9.53 Å². The number of carbonyl (C=O) groups is 1. The van der Waals surface area contributed by atoms with Crippen molar-refractivity contribution in [2.24, 2.45) is 0 Å². The Hall–Kier alpha value is -2.00. The summed E-state index contributed by atoms with van der Waals surface area (Å²) in [6, 6.07) is 15.0. The molecule has 0 bridgehead atoms. The number of benzene rings is 2. The van der Waals surface area contributed by atoms with Crippen LogP contribution in [0.4, 0.5) is 0 Å². The largest absolute Gasteiger partial charge is 0.484 e. The fourth-order valence-electron chi connectivity index (χ4n) is 1.74. The van der Waals surface area contributed by atoms with Crippen LogP contribution in [0.15, 0.2) is 48.5 Å². The van der Waals surface area contributed by atoms with Gasteiger partial charge in [0.25, 0.3) is 5.91 Å². The number of rotatable bonds is 5. The Kier molecular flexibility index (Phi) is 5.02. The van der Waals surface area contributed by atoms with Crippen LogP contribution in [0.1, 0.15) is 11.1 Å². The van der Waals surface area contributed by atoms with Gasteiger partial charge in [-0.25, -0.2) is 0 Å². The molecule has 0 aliphatic heterocycles. The van der Waals surface area contributed by atoms with E-state index in [4.69, 9.17) is 16.3 Å². The predicted octanol–water partition coefficient (Wildman–Crippen LogP) is 3.34. The number of nitrogens with one attached hydrogen (secondary N) is 1. The number of hydrogen-bond donors (Lipinski definition) is 1. The summed E-state index contributed by atoms with van der Waals surface area (Å²) in [5.41, 5.74) is 1.98. The number of carbonyl (C=O) groups excluding carboxylic acids is 1. The number of aryl methyl sites for hydroxylation is 1. The molecule has 0 aromatic heterocycles. The molecule has 0 spiro atoms. The van der Waals surface area contributed by atoms with Crippen LogP contribution in [0.25, 0.3) is 0 Å². The van der Waals surface area contributed by atoms with Gasteiger partial charge in [0.05, 0.1) is 0 Å². The summed E-state index contributed by atoms with van der Waals surface area (Å²) in [5.74, 6) is 0.518. The maximum absolute atomic E-state index is 11.7. The van der Waals surface area contributed by atoms with Gasteiger partial charge in [0.15, 0.2) is 6.61 Å². The summed E-state index contributed by atoms with van der Waals surface area (Å²) >= 11 is 6.02. The molecule has 0 fully saturated rings. The van der Waals surface area contributed by atoms with Crippen LogP contribution in [0.2, 0.25) is 5.02 Å². The zero-order valence-electron chi connectivity index (χ0n) is 11.2. The Morgan fingerprint density at radius 1 is 1.20 bits per heavy atom. The molecule has 2 aromatic carbocycles. The number of halogens is 1. The number of hydrogen-bond acceptors (Lipinski definition) is 2. The van der Waals surface area contributed by atoms with Crippen LogP contribution < -0.4 is 10.1 Å². The quantitative estimate of drug-likeness (QED) is 0.917. The molecule has 1 N–H and O–H groups in total. The third kappa shape index (κ3) is 4.28. The lowest BCUT2D eigenvalue weighted by Crippen LogP contribution is -2.28. The van der Waals surface area contributed by atoms with Crippen LogP contribution in [-0.2, 0) is 11.3 Å². The lowest BCUT2D eigenvalue weighted by molar-refractivity contribution is -0.123. The highest BCUT2D eigenvalue weighted by Crippen LogP contribution is 2.14. The normalized spacial score (nSPS) is 10.1. The zero-order valence-corrected chi connectivity index (χ0v) is 12.0. The Labute approximate surface area is 123 Å². The molecule has 0 heterocycles. The Morgan fingerprint density at radius 3 is 2.75 bits per heavy atom. The minimum Gasteiger partial charge on any atom is -0.484 e. The number of ether oxygens (including phenoxy) is 1. The monoisotopic (exact) mass is 289 g/mol. The molecule has 1 amide bonds. The fourth-order valence-corrected chi connectivity index (χ4v) is 1.94. The van der Waals surface area contributed by atoms with Crippen LogP contribution >= 0.6 is 11.6 Å². The van der Waals surface area contributed by atoms with Gasteiger partial charge in [-0.1, -0.05) is 41.9 Å². The summed E-state index contributed by atoms with van der Waals surface area (Å²) < 4.78 is 5.42. The predicted molar refractivity (Wildman–Crippen MR) is 80.0 cm³/mol. The van der Waals surface area contributed by atoms with Gasteiger partial charge in [-0.3, -0.25) is 4.79 Å². The van der Waals surface area contributed by atoms with E-state index < -0.39 is 0 Å². The summed E-state index contributed by atoms with van der Waals surface area (Å²) in [7, 11) is 0. The molecule has 4 heteroatoms. The Balaban J connectivity index is 1.80. The van der Waals surface area contributed by atoms with E-state index in [1.807, 2.05) is 49.4 Å². The van der Waals surface area contributed by atoms with Crippen molar-refractivity contribution in [3.63, 3.8) is 0 Å². The maximum Gasteiger partial charge on any atom is 0.258 e. The summed E-state index contributed by atoms with van der Waals surface area (Å²) in [6.45, 7) is 2.37. The third-order valence-corrected chi connectivity index (χ3v) is 3.16. The molecule has 0 aliphatic carbocycles. The lowest BCUT2D eigenvalue weighted by Gasteiger charge is -2.09. The molecular weight excluding hydrogens is 274 g/mol. The number of amides is 1. The van der Waals surface area contributed by atoms with E-state index in [0.29, 0.717) is 17.3 Å². The van der Waals surface area contributed by atoms with E-state index in [1.165, 1.54) is 0 Å². The average Bonchev–Trinajstić information content (AvgIpc) is 2.44. The van der Waals surface area contributed by atoms with Crippen molar-refractivity contribution in [1.29, 1.82) is 0 Å². The minimum absolute atomic E-state index is 0.00605. The highest BCUT2D eigenvalue weighted by Gasteiger charge is 2.04. The molecule has 0 saturated carbocycles. The Bertz CT molecular complexity index is 599. The molecule has 0 atom stereocenters. The Morgan fingerprint density at radius 2 is 2.00 bits per heavy atom. The topological polar surface area (TPSA) is 38.3 Å². The molecule has 2 rings (SSSR count). The third-order valence-electron chi connectivity index (χ3n) is 2.79. The van der Waals surface area contributed by atoms with E-state index in [-0.39, 0.29) is 12.5 Å². The van der Waals surface area contributed by atoms with Gasteiger partial charge in [0.2, 0.25) is 0 Å². The van der Waals surface area contributed by atoms with E-state index >= 15 is 0 Å². The summed E-state index contributed by atoms with van der Waals surface area (Å²) in [6.07, 6.45) is 0. The molecule has 2 aromatic rings. The van der Waals surface area contributed by atoms with E-state index in [2.05, 4.69) is 5.32 Å². The lowest BCUT2D eigenvalue weighted by atomic mass is 10.2. The van der Waals surface area contributed by atoms with Crippen molar-refractivity contribution >= 4 is 17.5 Å². The zero-order chi connectivity index (χ0) is 14.4. The molecule has 104 valence electrons. The second-order valence-electron chi connectivity index (χ2n) is 4.47. The van der Waals surface area contributed by atoms with Crippen molar-refractivity contribution in [2.75, 3.05) is 6.61 Å². The van der Waals surface area contributed by atoms with Gasteiger partial charge < -0.3 is 10.1 Å². The van der Waals surface area contributed by atoms with Crippen molar-refractivity contribution in [2.45, 2.75) is 13.5 Å². The van der Waals surface area contributed by atoms with Gasteiger partial charge in [-0.05, 0) is 36.2 Å². The summed E-state index contributed by atoms with van der Waals surface area (Å²) in [5, 5.41) is 3.42. The maximum atomic E-state index is 11.7. The van der Waals surface area contributed by atoms with E-state index in [0.717, 1.165) is 11.1 Å². The van der Waals surface area contributed by atoms with Crippen molar-refractivity contribution in [3.05, 3.63) is 64.7 Å². The van der Waals surface area contributed by atoms with Crippen LogP contribution in [0.3, 0.4) is 0 Å². The van der Waals surface area contributed by atoms with Crippen LogP contribution in [-0.4, -0.2) is 12.5 Å². The van der Waals surface area contributed by atoms with Crippen LogP contribution in [0.5, 0.6) is 5.75 Å². The molecule has 0 aliphatic rings. The van der Waals surface area contributed by atoms with Crippen molar-refractivity contribution in [1.82, 2.24) is 5.32 Å². The second-order valence-corrected chi connectivity index (χ2v) is 4.88. The van der Waals surface area contributed by atoms with Gasteiger partial charge in [0.1, 0.15) is 5.75 Å². The van der Waals surface area contributed by atoms with E-state index in [1.54, 1.807) is 6.07 Å². The highest BCUT2D eigenvalue weighted by atomic mass is 35.5. The molecule has 0 saturated heterocycles. The smallest absolute Gasteiger partial charge is 0.258 e. The fraction of sp³-hybridized carbons (Fsp3) is 0.188. The van der Waals surface area contributed by atoms with Gasteiger partial charge >= 0.3 is 0 Å². The first-order valence-corrected chi connectivity index (χ1v) is 6.72. The summed E-state index contributed by atoms with van der Waals surface area (Å²) in [4.78, 5) is 11.7. The average molecular weight is 290 g/mol. The van der Waals surface area contributed by atoms with Gasteiger partial charge in [-0.2, -0.15) is 0 Å². The van der Waals surface area contributed by atoms with Crippen LogP contribution in [0, 0.1) is 6.92 Å². The van der Waals surface area contributed by atoms with Gasteiger partial charge in [-0.15, -0.1) is 0 Å². The standard InChI is InChI=1S/C16H16ClNO2/c1-12-5-4-7-14(9-12)20-11-16(19)18-10-13-6-2-3-8-15(13)17/h2-9H,10-11H2,1H3,(H,18,19). The van der Waals surface area contributed by atoms with Gasteiger partial charge in [0, 0.05) is 11.6 Å². The first-order chi connectivity index (χ1) is 9.65. The molecule has 3 nitrogen and oxygen atoms in total. The minimum atomic E-state index is -0.175. The first kappa shape index (κ1) is 14.4. The molecule has 0 radical (unpaired) electrons.